The first-order chi connectivity index (χ1) is 23.5. The van der Waals surface area contributed by atoms with Gasteiger partial charge in [-0.25, -0.2) is 0 Å². The number of carbonyl (C=O) groups is 6. The van der Waals surface area contributed by atoms with Crippen LogP contribution >= 0.6 is 0 Å². The van der Waals surface area contributed by atoms with E-state index in [2.05, 4.69) is 10.0 Å². The quantitative estimate of drug-likeness (QED) is 0.0983. The Morgan fingerprint density at radius 1 is 0.720 bits per heavy atom. The highest BCUT2D eigenvalue weighted by Gasteiger charge is 2.59. The van der Waals surface area contributed by atoms with Gasteiger partial charge in [0.1, 0.15) is 43.7 Å². The fourth-order valence-corrected chi connectivity index (χ4v) is 5.56. The predicted molar refractivity (Wildman–Crippen MR) is 162 cm³/mol. The van der Waals surface area contributed by atoms with Crippen LogP contribution in [0.2, 0.25) is 0 Å². The molecule has 10 atom stereocenters. The van der Waals surface area contributed by atoms with Gasteiger partial charge in [0.15, 0.2) is 30.4 Å². The molecule has 2 fully saturated rings. The smallest absolute Gasteiger partial charge is 0.303 e. The van der Waals surface area contributed by atoms with Gasteiger partial charge in [-0.3, -0.25) is 28.8 Å². The van der Waals surface area contributed by atoms with Crippen LogP contribution in [0.4, 0.5) is 0 Å². The maximum absolute atomic E-state index is 12.5. The van der Waals surface area contributed by atoms with Crippen molar-refractivity contribution < 1.29 is 76.5 Å². The molecule has 1 N–H and O–H groups in total. The third kappa shape index (κ3) is 10.8. The summed E-state index contributed by atoms with van der Waals surface area (Å²) in [5.41, 5.74) is 10.1. The number of rotatable bonds is 13. The first-order valence-corrected chi connectivity index (χ1v) is 15.3. The lowest BCUT2D eigenvalue weighted by molar-refractivity contribution is -0.364. The average Bonchev–Trinajstić information content (AvgIpc) is 3.00. The number of ether oxygens (including phenoxy) is 9. The van der Waals surface area contributed by atoms with Gasteiger partial charge >= 0.3 is 35.8 Å². The molecular weight excluding hydrogens is 670 g/mol. The minimum Gasteiger partial charge on any atom is -0.463 e. The minimum atomic E-state index is -2.39. The van der Waals surface area contributed by atoms with Crippen LogP contribution < -0.4 is 0 Å². The highest BCUT2D eigenvalue weighted by Crippen LogP contribution is 2.39. The van der Waals surface area contributed by atoms with Crippen molar-refractivity contribution in [2.24, 2.45) is 5.11 Å². The zero-order valence-corrected chi connectivity index (χ0v) is 28.1. The van der Waals surface area contributed by atoms with E-state index in [9.17, 15) is 39.4 Å². The van der Waals surface area contributed by atoms with E-state index in [0.717, 1.165) is 41.5 Å². The standard InChI is InChI=1S/C31H39N3O16/c1-15(35)42-13-22-24(44-17(3)37)26(45-18(4)38)28(47-20(6)40)30(48-22)49-25-23(14-43-16(2)36)50-31(41,12-21-10-8-7-9-11-21)29(33-34-32)27(25)46-19(5)39/h7-11,22-30,41H,12-14H2,1-6H3/t22-,23-,24+,25-,26+,27+,28-,29-,30+,31?/m1/s1. The van der Waals surface area contributed by atoms with E-state index in [1.54, 1.807) is 30.3 Å². The molecule has 0 radical (unpaired) electrons. The lowest BCUT2D eigenvalue weighted by Gasteiger charge is -2.51. The molecule has 0 spiro atoms. The fourth-order valence-electron chi connectivity index (χ4n) is 5.56. The van der Waals surface area contributed by atoms with Gasteiger partial charge in [-0.2, -0.15) is 0 Å². The van der Waals surface area contributed by atoms with Crippen molar-refractivity contribution in [2.45, 2.75) is 109 Å². The molecule has 1 aromatic rings. The van der Waals surface area contributed by atoms with Gasteiger partial charge in [0.05, 0.1) is 0 Å². The van der Waals surface area contributed by atoms with E-state index in [1.165, 1.54) is 0 Å². The first kappa shape index (κ1) is 39.6. The molecule has 2 aliphatic rings. The molecule has 2 saturated heterocycles. The zero-order chi connectivity index (χ0) is 37.2. The Labute approximate surface area is 285 Å². The Morgan fingerprint density at radius 2 is 1.22 bits per heavy atom. The average molecular weight is 710 g/mol. The second kappa shape index (κ2) is 17.7. The summed E-state index contributed by atoms with van der Waals surface area (Å²) in [4.78, 5) is 75.8. The Kier molecular flexibility index (Phi) is 14.0. The molecule has 0 bridgehead atoms. The summed E-state index contributed by atoms with van der Waals surface area (Å²) in [5, 5.41) is 15.6. The number of azide groups is 1. The SMILES string of the molecule is CC(=O)OC[C@H]1O[C@@H](O[C@H]2[C@H](OC(C)=O)[C@@H](N=[N+]=[N-])C(O)(Cc3ccccc3)O[C@@H]2COC(C)=O)[C@H](OC(C)=O)[C@@H](OC(C)=O)[C@H]1OC(C)=O. The molecular formula is C31H39N3O16. The predicted octanol–water partition coefficient (Wildman–Crippen LogP) is 0.959. The van der Waals surface area contributed by atoms with Gasteiger partial charge in [-0.15, -0.1) is 0 Å². The summed E-state index contributed by atoms with van der Waals surface area (Å²) < 4.78 is 50.5. The summed E-state index contributed by atoms with van der Waals surface area (Å²) in [5.74, 6) is -7.54. The molecule has 1 aromatic carbocycles. The van der Waals surface area contributed by atoms with E-state index in [1.807, 2.05) is 0 Å². The van der Waals surface area contributed by atoms with Crippen molar-refractivity contribution >= 4 is 35.8 Å². The fraction of sp³-hybridized carbons (Fsp3) is 0.613. The summed E-state index contributed by atoms with van der Waals surface area (Å²) in [6.45, 7) is 5.12. The number of benzene rings is 1. The molecule has 19 nitrogen and oxygen atoms in total. The van der Waals surface area contributed by atoms with E-state index >= 15 is 0 Å². The van der Waals surface area contributed by atoms with Gasteiger partial charge < -0.3 is 47.7 Å². The van der Waals surface area contributed by atoms with Crippen LogP contribution in [0.25, 0.3) is 10.4 Å². The Morgan fingerprint density at radius 3 is 1.74 bits per heavy atom. The highest BCUT2D eigenvalue weighted by molar-refractivity contribution is 5.69. The minimum absolute atomic E-state index is 0.308. The Bertz CT molecular complexity index is 1450. The van der Waals surface area contributed by atoms with Crippen molar-refractivity contribution in [2.75, 3.05) is 13.2 Å². The second-order valence-corrected chi connectivity index (χ2v) is 11.4. The van der Waals surface area contributed by atoms with Crippen LogP contribution in [0.15, 0.2) is 35.4 Å². The van der Waals surface area contributed by atoms with E-state index in [0.29, 0.717) is 5.56 Å². The van der Waals surface area contributed by atoms with Crippen LogP contribution in [0.1, 0.15) is 47.1 Å². The van der Waals surface area contributed by atoms with E-state index in [4.69, 9.17) is 42.6 Å². The summed E-state index contributed by atoms with van der Waals surface area (Å²) in [6.07, 6.45) is -13.3. The van der Waals surface area contributed by atoms with Crippen molar-refractivity contribution in [1.82, 2.24) is 0 Å². The van der Waals surface area contributed by atoms with Gasteiger partial charge in [0.2, 0.25) is 0 Å². The van der Waals surface area contributed by atoms with Crippen LogP contribution in [-0.4, -0.2) is 115 Å². The molecule has 19 heteroatoms. The maximum Gasteiger partial charge on any atom is 0.303 e. The molecule has 50 heavy (non-hydrogen) atoms. The van der Waals surface area contributed by atoms with E-state index < -0.39 is 110 Å². The van der Waals surface area contributed by atoms with Crippen LogP contribution in [0.3, 0.4) is 0 Å². The van der Waals surface area contributed by atoms with Crippen LogP contribution in [-0.2, 0) is 77.8 Å². The summed E-state index contributed by atoms with van der Waals surface area (Å²) >= 11 is 0. The number of aliphatic hydroxyl groups is 1. The topological polar surface area (TPSA) is 254 Å². The number of hydrogen-bond acceptors (Lipinski definition) is 17. The summed E-state index contributed by atoms with van der Waals surface area (Å²) in [6, 6.07) is 6.66. The Balaban J connectivity index is 2.19. The first-order valence-electron chi connectivity index (χ1n) is 15.3. The van der Waals surface area contributed by atoms with Gasteiger partial charge in [-0.05, 0) is 11.1 Å². The maximum atomic E-state index is 12.5. The number of hydrogen-bond donors (Lipinski definition) is 1. The normalized spacial score (nSPS) is 30.4. The molecule has 274 valence electrons. The molecule has 3 rings (SSSR count). The molecule has 0 saturated carbocycles. The number of nitrogens with zero attached hydrogens (tertiary/aromatic N) is 3. The third-order valence-electron chi connectivity index (χ3n) is 7.29. The highest BCUT2D eigenvalue weighted by atomic mass is 16.8. The van der Waals surface area contributed by atoms with Crippen molar-refractivity contribution in [3.05, 3.63) is 46.3 Å². The van der Waals surface area contributed by atoms with Crippen molar-refractivity contribution in [3.8, 4) is 0 Å². The van der Waals surface area contributed by atoms with Gasteiger partial charge in [0.25, 0.3) is 0 Å². The molecule has 0 amide bonds. The lowest BCUT2D eigenvalue weighted by Crippen LogP contribution is -2.69. The zero-order valence-electron chi connectivity index (χ0n) is 28.1. The molecule has 2 heterocycles. The second-order valence-electron chi connectivity index (χ2n) is 11.4. The van der Waals surface area contributed by atoms with Crippen molar-refractivity contribution in [3.63, 3.8) is 0 Å². The largest absolute Gasteiger partial charge is 0.463 e. The molecule has 2 aliphatic heterocycles. The molecule has 1 unspecified atom stereocenters. The number of esters is 6. The van der Waals surface area contributed by atoms with Crippen molar-refractivity contribution in [1.29, 1.82) is 0 Å². The van der Waals surface area contributed by atoms with Gasteiger partial charge in [0, 0.05) is 52.9 Å². The molecule has 0 aliphatic carbocycles. The Hall–Kier alpha value is -4.81. The summed E-state index contributed by atoms with van der Waals surface area (Å²) in [7, 11) is 0. The molecule has 0 aromatic heterocycles. The lowest BCUT2D eigenvalue weighted by atomic mass is 9.86. The monoisotopic (exact) mass is 709 g/mol. The number of carbonyl (C=O) groups excluding carboxylic acids is 6. The van der Waals surface area contributed by atoms with Crippen LogP contribution in [0.5, 0.6) is 0 Å². The van der Waals surface area contributed by atoms with Crippen LogP contribution in [0, 0.1) is 0 Å². The van der Waals surface area contributed by atoms with Gasteiger partial charge in [-0.1, -0.05) is 35.4 Å². The third-order valence-corrected chi connectivity index (χ3v) is 7.29. The van der Waals surface area contributed by atoms with E-state index in [-0.39, 0.29) is 6.42 Å².